The molecule has 0 amide bonds. The Labute approximate surface area is 67.6 Å². The summed E-state index contributed by atoms with van der Waals surface area (Å²) in [5, 5.41) is 0. The van der Waals surface area contributed by atoms with E-state index in [0.717, 1.165) is 0 Å². The molecule has 1 heteroatoms. The van der Waals surface area contributed by atoms with Crippen LogP contribution in [0.4, 0.5) is 5.69 Å². The van der Waals surface area contributed by atoms with Gasteiger partial charge in [0.1, 0.15) is 0 Å². The van der Waals surface area contributed by atoms with E-state index in [2.05, 4.69) is 30.1 Å². The van der Waals surface area contributed by atoms with Gasteiger partial charge in [-0.2, -0.15) is 0 Å². The Kier molecular flexibility index (Phi) is 1.57. The Hall–Kier alpha value is -0.980. The van der Waals surface area contributed by atoms with Crippen molar-refractivity contribution in [3.63, 3.8) is 0 Å². The molecule has 0 N–H and O–H groups in total. The Balaban J connectivity index is 2.44. The van der Waals surface area contributed by atoms with Gasteiger partial charge >= 0.3 is 0 Å². The van der Waals surface area contributed by atoms with Gasteiger partial charge in [-0.3, -0.25) is 0 Å². The highest BCUT2D eigenvalue weighted by molar-refractivity contribution is 5.54. The van der Waals surface area contributed by atoms with Crippen molar-refractivity contribution in [1.82, 2.24) is 0 Å². The summed E-state index contributed by atoms with van der Waals surface area (Å²) in [4.78, 5) is 2.31. The second kappa shape index (κ2) is 2.57. The van der Waals surface area contributed by atoms with Crippen LogP contribution in [0, 0.1) is 6.07 Å². The molecule has 0 aromatic heterocycles. The van der Waals surface area contributed by atoms with Crippen LogP contribution in [0.15, 0.2) is 18.2 Å². The van der Waals surface area contributed by atoms with Crippen molar-refractivity contribution in [2.45, 2.75) is 12.8 Å². The molecule has 0 atom stereocenters. The molecule has 57 valence electrons. The largest absolute Gasteiger partial charge is 0.374 e. The summed E-state index contributed by atoms with van der Waals surface area (Å²) >= 11 is 0. The van der Waals surface area contributed by atoms with Gasteiger partial charge in [-0.25, -0.2) is 0 Å². The standard InChI is InChI=1S/C10H12N/c1-11-8-4-6-9-5-2-3-7-10(9)11/h3,5,7H,4,6,8H2,1H3. The van der Waals surface area contributed by atoms with Crippen LogP contribution in [0.3, 0.4) is 0 Å². The highest BCUT2D eigenvalue weighted by Crippen LogP contribution is 2.24. The lowest BCUT2D eigenvalue weighted by molar-refractivity contribution is 0.744. The number of nitrogens with zero attached hydrogens (tertiary/aromatic N) is 1. The van der Waals surface area contributed by atoms with E-state index in [1.807, 2.05) is 6.07 Å². The lowest BCUT2D eigenvalue weighted by Gasteiger charge is -2.26. The first kappa shape index (κ1) is 6.71. The number of hydrogen-bond donors (Lipinski definition) is 0. The zero-order valence-electron chi connectivity index (χ0n) is 6.80. The van der Waals surface area contributed by atoms with Crippen LogP contribution in [-0.2, 0) is 6.42 Å². The fourth-order valence-electron chi connectivity index (χ4n) is 1.66. The third-order valence-corrected chi connectivity index (χ3v) is 2.27. The Bertz CT molecular complexity index is 255. The third kappa shape index (κ3) is 1.11. The molecule has 1 aliphatic rings. The normalized spacial score (nSPS) is 16.3. The monoisotopic (exact) mass is 146 g/mol. The lowest BCUT2D eigenvalue weighted by Crippen LogP contribution is -2.24. The van der Waals surface area contributed by atoms with Crippen LogP contribution in [0.2, 0.25) is 0 Å². The van der Waals surface area contributed by atoms with E-state index in [1.165, 1.54) is 30.6 Å². The zero-order valence-corrected chi connectivity index (χ0v) is 6.80. The maximum absolute atomic E-state index is 3.11. The van der Waals surface area contributed by atoms with Gasteiger partial charge in [0.05, 0.1) is 0 Å². The number of fused-ring (bicyclic) bond motifs is 1. The summed E-state index contributed by atoms with van der Waals surface area (Å²) in [6.07, 6.45) is 2.50. The van der Waals surface area contributed by atoms with E-state index in [-0.39, 0.29) is 0 Å². The molecule has 2 rings (SSSR count). The predicted molar refractivity (Wildman–Crippen MR) is 46.9 cm³/mol. The van der Waals surface area contributed by atoms with Crippen molar-refractivity contribution in [2.24, 2.45) is 0 Å². The number of benzene rings is 1. The van der Waals surface area contributed by atoms with Gasteiger partial charge in [0.25, 0.3) is 0 Å². The average Bonchev–Trinajstić information content (AvgIpc) is 2.06. The van der Waals surface area contributed by atoms with Crippen LogP contribution in [0.1, 0.15) is 12.0 Å². The zero-order chi connectivity index (χ0) is 7.68. The van der Waals surface area contributed by atoms with Crippen LogP contribution in [-0.4, -0.2) is 13.6 Å². The van der Waals surface area contributed by atoms with E-state index in [9.17, 15) is 0 Å². The molecule has 0 spiro atoms. The highest BCUT2D eigenvalue weighted by atomic mass is 15.1. The van der Waals surface area contributed by atoms with Crippen LogP contribution in [0.25, 0.3) is 0 Å². The minimum atomic E-state index is 1.19. The second-order valence-corrected chi connectivity index (χ2v) is 3.08. The Morgan fingerprint density at radius 3 is 3.27 bits per heavy atom. The quantitative estimate of drug-likeness (QED) is 0.540. The van der Waals surface area contributed by atoms with E-state index < -0.39 is 0 Å². The molecule has 1 heterocycles. The molecular weight excluding hydrogens is 134 g/mol. The van der Waals surface area contributed by atoms with Crippen LogP contribution < -0.4 is 4.90 Å². The fraction of sp³-hybridized carbons (Fsp3) is 0.400. The average molecular weight is 146 g/mol. The topological polar surface area (TPSA) is 3.24 Å². The minimum absolute atomic E-state index is 1.19. The summed E-state index contributed by atoms with van der Waals surface area (Å²) < 4.78 is 0. The van der Waals surface area contributed by atoms with Crippen molar-refractivity contribution >= 4 is 5.69 Å². The molecule has 1 radical (unpaired) electrons. The second-order valence-electron chi connectivity index (χ2n) is 3.08. The molecule has 11 heavy (non-hydrogen) atoms. The van der Waals surface area contributed by atoms with Gasteiger partial charge in [0.15, 0.2) is 0 Å². The third-order valence-electron chi connectivity index (χ3n) is 2.27. The molecule has 0 unspecified atom stereocenters. The maximum Gasteiger partial charge on any atom is 0.0396 e. The summed E-state index contributed by atoms with van der Waals surface area (Å²) in [6, 6.07) is 9.35. The first-order chi connectivity index (χ1) is 5.38. The number of hydrogen-bond acceptors (Lipinski definition) is 1. The molecule has 0 saturated heterocycles. The number of anilines is 1. The van der Waals surface area contributed by atoms with Gasteiger partial charge < -0.3 is 4.90 Å². The molecule has 1 nitrogen and oxygen atoms in total. The van der Waals surface area contributed by atoms with Gasteiger partial charge in [-0.1, -0.05) is 6.07 Å². The van der Waals surface area contributed by atoms with E-state index in [0.29, 0.717) is 0 Å². The smallest absolute Gasteiger partial charge is 0.0396 e. The van der Waals surface area contributed by atoms with E-state index >= 15 is 0 Å². The van der Waals surface area contributed by atoms with Gasteiger partial charge in [0.2, 0.25) is 0 Å². The van der Waals surface area contributed by atoms with Gasteiger partial charge in [-0.15, -0.1) is 0 Å². The predicted octanol–water partition coefficient (Wildman–Crippen LogP) is 1.87. The Morgan fingerprint density at radius 2 is 2.45 bits per heavy atom. The molecule has 0 aliphatic carbocycles. The number of rotatable bonds is 0. The van der Waals surface area contributed by atoms with Crippen molar-refractivity contribution in [1.29, 1.82) is 0 Å². The first-order valence-electron chi connectivity index (χ1n) is 4.08. The van der Waals surface area contributed by atoms with E-state index in [1.54, 1.807) is 0 Å². The Morgan fingerprint density at radius 1 is 1.55 bits per heavy atom. The lowest BCUT2D eigenvalue weighted by atomic mass is 10.0. The first-order valence-corrected chi connectivity index (χ1v) is 4.08. The van der Waals surface area contributed by atoms with Crippen molar-refractivity contribution in [3.05, 3.63) is 29.8 Å². The van der Waals surface area contributed by atoms with Crippen LogP contribution in [0.5, 0.6) is 0 Å². The van der Waals surface area contributed by atoms with E-state index in [4.69, 9.17) is 0 Å². The maximum atomic E-state index is 3.11. The molecule has 0 fully saturated rings. The van der Waals surface area contributed by atoms with Gasteiger partial charge in [-0.05, 0) is 36.6 Å². The molecule has 1 aromatic rings. The molecule has 0 saturated carbocycles. The van der Waals surface area contributed by atoms with Gasteiger partial charge in [0, 0.05) is 19.3 Å². The summed E-state index contributed by atoms with van der Waals surface area (Å²) in [6.45, 7) is 1.19. The molecule has 0 bridgehead atoms. The van der Waals surface area contributed by atoms with Crippen molar-refractivity contribution in [2.75, 3.05) is 18.5 Å². The van der Waals surface area contributed by atoms with Crippen molar-refractivity contribution in [3.8, 4) is 0 Å². The molecule has 1 aliphatic heterocycles. The summed E-state index contributed by atoms with van der Waals surface area (Å²) in [5.41, 5.74) is 2.83. The SMILES string of the molecule is CN1CCCc2c[c]ccc21. The molecular formula is C10H12N. The van der Waals surface area contributed by atoms with Crippen LogP contribution >= 0.6 is 0 Å². The summed E-state index contributed by atoms with van der Waals surface area (Å²) in [5.74, 6) is 0. The van der Waals surface area contributed by atoms with Crippen molar-refractivity contribution < 1.29 is 0 Å². The minimum Gasteiger partial charge on any atom is -0.374 e. The molecule has 1 aromatic carbocycles. The summed E-state index contributed by atoms with van der Waals surface area (Å²) in [7, 11) is 2.15. The fourth-order valence-corrected chi connectivity index (χ4v) is 1.66. The highest BCUT2D eigenvalue weighted by Gasteiger charge is 2.11. The number of aryl methyl sites for hydroxylation is 1.